The number of carbonyl (C=O) groups excluding carboxylic acids is 2. The predicted molar refractivity (Wildman–Crippen MR) is 132 cm³/mol. The van der Waals surface area contributed by atoms with Crippen molar-refractivity contribution < 1.29 is 9.59 Å². The molecule has 0 amide bonds. The van der Waals surface area contributed by atoms with Crippen LogP contribution in [-0.4, -0.2) is 12.6 Å². The Kier molecular flexibility index (Phi) is 12.1. The second-order valence-electron chi connectivity index (χ2n) is 10.6. The van der Waals surface area contributed by atoms with E-state index in [-0.39, 0.29) is 33.5 Å². The molecule has 0 aromatic rings. The zero-order chi connectivity index (χ0) is 23.6. The zero-order valence-electron chi connectivity index (χ0n) is 22.2. The van der Waals surface area contributed by atoms with E-state index >= 15 is 0 Å². The molecule has 0 heterocycles. The highest BCUT2D eigenvalue weighted by Gasteiger charge is 2.54. The molecule has 0 rings (SSSR count). The Balaban J connectivity index is 6.55. The van der Waals surface area contributed by atoms with Crippen LogP contribution < -0.4 is 0 Å². The van der Waals surface area contributed by atoms with E-state index in [0.717, 1.165) is 64.2 Å². The van der Waals surface area contributed by atoms with Crippen molar-refractivity contribution in [3.8, 4) is 0 Å². The van der Waals surface area contributed by atoms with Gasteiger partial charge in [-0.15, -0.1) is 0 Å². The Morgan fingerprint density at radius 3 is 1.27 bits per heavy atom. The summed E-state index contributed by atoms with van der Waals surface area (Å²) in [5.74, 6) is 0.0834. The fourth-order valence-corrected chi connectivity index (χ4v) is 6.46. The number of rotatable bonds is 17. The fraction of sp³-hybridized carbons (Fsp3) is 0.929. The lowest BCUT2D eigenvalue weighted by Gasteiger charge is -2.56. The van der Waals surface area contributed by atoms with Gasteiger partial charge in [-0.25, -0.2) is 0 Å². The molecule has 0 fully saturated rings. The standard InChI is InChI=1S/C28H54O2/c1-11-25(9,12-2)19-24(22-30)28(17-7,18-8)27(15-5,16-6)20-23(21-29)26(10,13-3)14-4/h21-24H,11-20H2,1-10H3. The van der Waals surface area contributed by atoms with Gasteiger partial charge >= 0.3 is 0 Å². The van der Waals surface area contributed by atoms with Crippen LogP contribution in [-0.2, 0) is 9.59 Å². The average molecular weight is 423 g/mol. The van der Waals surface area contributed by atoms with Crippen LogP contribution in [0.25, 0.3) is 0 Å². The number of hydrogen-bond acceptors (Lipinski definition) is 2. The third-order valence-electron chi connectivity index (χ3n) is 10.3. The maximum absolute atomic E-state index is 12.7. The Bertz CT molecular complexity index is 491. The highest BCUT2D eigenvalue weighted by atomic mass is 16.1. The van der Waals surface area contributed by atoms with Gasteiger partial charge in [0.15, 0.2) is 0 Å². The molecule has 2 heteroatoms. The van der Waals surface area contributed by atoms with Gasteiger partial charge in [0.2, 0.25) is 0 Å². The van der Waals surface area contributed by atoms with Gasteiger partial charge in [-0.1, -0.05) is 94.9 Å². The topological polar surface area (TPSA) is 34.1 Å². The van der Waals surface area contributed by atoms with Crippen molar-refractivity contribution >= 4 is 12.6 Å². The maximum atomic E-state index is 12.7. The molecule has 2 atom stereocenters. The Labute approximate surface area is 189 Å². The summed E-state index contributed by atoms with van der Waals surface area (Å²) in [7, 11) is 0. The van der Waals surface area contributed by atoms with Crippen molar-refractivity contribution in [1.82, 2.24) is 0 Å². The minimum atomic E-state index is -0.0620. The van der Waals surface area contributed by atoms with Crippen molar-refractivity contribution in [2.75, 3.05) is 0 Å². The lowest BCUT2D eigenvalue weighted by molar-refractivity contribution is -0.132. The maximum Gasteiger partial charge on any atom is 0.123 e. The van der Waals surface area contributed by atoms with Crippen molar-refractivity contribution in [3.63, 3.8) is 0 Å². The molecule has 2 unspecified atom stereocenters. The van der Waals surface area contributed by atoms with Gasteiger partial charge in [-0.05, 0) is 60.2 Å². The molecule has 0 bridgehead atoms. The second-order valence-corrected chi connectivity index (χ2v) is 10.6. The molecule has 0 N–H and O–H groups in total. The molecule has 0 aliphatic carbocycles. The van der Waals surface area contributed by atoms with Crippen LogP contribution in [0.1, 0.15) is 133 Å². The summed E-state index contributed by atoms with van der Waals surface area (Å²) in [6, 6.07) is 0. The van der Waals surface area contributed by atoms with Crippen LogP contribution in [0.5, 0.6) is 0 Å². The van der Waals surface area contributed by atoms with E-state index in [2.05, 4.69) is 69.2 Å². The van der Waals surface area contributed by atoms with Crippen LogP contribution >= 0.6 is 0 Å². The van der Waals surface area contributed by atoms with E-state index in [1.54, 1.807) is 0 Å². The quantitative estimate of drug-likeness (QED) is 0.220. The van der Waals surface area contributed by atoms with Crippen molar-refractivity contribution in [2.24, 2.45) is 33.5 Å². The molecule has 30 heavy (non-hydrogen) atoms. The summed E-state index contributed by atoms with van der Waals surface area (Å²) in [6.45, 7) is 22.7. The molecule has 0 radical (unpaired) electrons. The zero-order valence-corrected chi connectivity index (χ0v) is 22.2. The minimum absolute atomic E-state index is 0.00163. The fourth-order valence-electron chi connectivity index (χ4n) is 6.46. The molecule has 178 valence electrons. The Morgan fingerprint density at radius 1 is 0.567 bits per heavy atom. The van der Waals surface area contributed by atoms with Crippen molar-refractivity contribution in [3.05, 3.63) is 0 Å². The van der Waals surface area contributed by atoms with E-state index in [0.29, 0.717) is 0 Å². The monoisotopic (exact) mass is 422 g/mol. The van der Waals surface area contributed by atoms with Gasteiger partial charge in [0.1, 0.15) is 12.6 Å². The SMILES string of the molecule is CCC(C)(CC)CC(C=O)C(CC)(CC)C(CC)(CC)CC(C=O)C(C)(CC)CC. The van der Waals surface area contributed by atoms with Crippen LogP contribution in [0.4, 0.5) is 0 Å². The molecule has 0 saturated heterocycles. The molecule has 0 spiro atoms. The van der Waals surface area contributed by atoms with Crippen LogP contribution in [0.3, 0.4) is 0 Å². The predicted octanol–water partition coefficient (Wildman–Crippen LogP) is 8.66. The Morgan fingerprint density at radius 2 is 1.00 bits per heavy atom. The van der Waals surface area contributed by atoms with Gasteiger partial charge in [0.05, 0.1) is 0 Å². The summed E-state index contributed by atoms with van der Waals surface area (Å²) in [5, 5.41) is 0. The lowest BCUT2D eigenvalue weighted by atomic mass is 9.47. The van der Waals surface area contributed by atoms with Gasteiger partial charge in [0, 0.05) is 11.8 Å². The molecule has 2 nitrogen and oxygen atoms in total. The first-order chi connectivity index (χ1) is 14.1. The summed E-state index contributed by atoms with van der Waals surface area (Å²) in [5.41, 5.74) is 0.164. The summed E-state index contributed by atoms with van der Waals surface area (Å²) < 4.78 is 0. The minimum Gasteiger partial charge on any atom is -0.303 e. The highest BCUT2D eigenvalue weighted by molar-refractivity contribution is 5.57. The first-order valence-corrected chi connectivity index (χ1v) is 13.0. The van der Waals surface area contributed by atoms with E-state index < -0.39 is 0 Å². The third kappa shape index (κ3) is 5.57. The van der Waals surface area contributed by atoms with E-state index in [1.807, 2.05) is 0 Å². The Hall–Kier alpha value is -0.660. The van der Waals surface area contributed by atoms with Crippen molar-refractivity contribution in [1.29, 1.82) is 0 Å². The first-order valence-electron chi connectivity index (χ1n) is 13.0. The summed E-state index contributed by atoms with van der Waals surface area (Å²) in [6.07, 6.45) is 12.7. The smallest absolute Gasteiger partial charge is 0.123 e. The normalized spacial score (nSPS) is 15.7. The van der Waals surface area contributed by atoms with Gasteiger partial charge in [-0.3, -0.25) is 0 Å². The molecule has 0 aliphatic rings. The molecular weight excluding hydrogens is 368 g/mol. The van der Waals surface area contributed by atoms with Gasteiger partial charge < -0.3 is 9.59 Å². The summed E-state index contributed by atoms with van der Waals surface area (Å²) in [4.78, 5) is 25.0. The molecule has 0 aromatic heterocycles. The van der Waals surface area contributed by atoms with E-state index in [1.165, 1.54) is 12.6 Å². The van der Waals surface area contributed by atoms with Gasteiger partial charge in [0.25, 0.3) is 0 Å². The van der Waals surface area contributed by atoms with E-state index in [9.17, 15) is 9.59 Å². The second kappa shape index (κ2) is 12.4. The van der Waals surface area contributed by atoms with Crippen LogP contribution in [0.15, 0.2) is 0 Å². The number of hydrogen-bond donors (Lipinski definition) is 0. The number of aldehydes is 2. The van der Waals surface area contributed by atoms with Crippen LogP contribution in [0, 0.1) is 33.5 Å². The average Bonchev–Trinajstić information content (AvgIpc) is 2.80. The molecule has 0 saturated carbocycles. The molecule has 0 aliphatic heterocycles. The number of carbonyl (C=O) groups is 2. The molecular formula is C28H54O2. The third-order valence-corrected chi connectivity index (χ3v) is 10.3. The highest BCUT2D eigenvalue weighted by Crippen LogP contribution is 2.60. The first kappa shape index (κ1) is 29.3. The van der Waals surface area contributed by atoms with Gasteiger partial charge in [-0.2, -0.15) is 0 Å². The largest absolute Gasteiger partial charge is 0.303 e. The molecule has 0 aromatic carbocycles. The van der Waals surface area contributed by atoms with Crippen LogP contribution in [0.2, 0.25) is 0 Å². The van der Waals surface area contributed by atoms with Crippen molar-refractivity contribution in [2.45, 2.75) is 133 Å². The van der Waals surface area contributed by atoms with E-state index in [4.69, 9.17) is 0 Å². The lowest BCUT2D eigenvalue weighted by Crippen LogP contribution is -2.50. The summed E-state index contributed by atoms with van der Waals surface area (Å²) >= 11 is 0.